The molecule has 1 aromatic rings. The Morgan fingerprint density at radius 3 is 2.79 bits per heavy atom. The highest BCUT2D eigenvalue weighted by atomic mass is 16.3. The molecule has 24 heavy (non-hydrogen) atoms. The molecule has 5 aliphatic rings. The van der Waals surface area contributed by atoms with Gasteiger partial charge in [0.05, 0.1) is 0 Å². The zero-order valence-electron chi connectivity index (χ0n) is 13.4. The van der Waals surface area contributed by atoms with Crippen LogP contribution in [-0.2, 0) is 0 Å². The van der Waals surface area contributed by atoms with E-state index in [4.69, 9.17) is 4.42 Å². The van der Waals surface area contributed by atoms with Crippen LogP contribution in [0.15, 0.2) is 45.6 Å². The van der Waals surface area contributed by atoms with Gasteiger partial charge in [0, 0.05) is 30.4 Å². The highest BCUT2D eigenvalue weighted by Crippen LogP contribution is 2.31. The van der Waals surface area contributed by atoms with Crippen LogP contribution < -0.4 is 10.7 Å². The Balaban J connectivity index is 1.50. The van der Waals surface area contributed by atoms with Crippen LogP contribution >= 0.6 is 0 Å². The van der Waals surface area contributed by atoms with E-state index in [1.807, 2.05) is 12.1 Å². The third-order valence-electron chi connectivity index (χ3n) is 5.36. The summed E-state index contributed by atoms with van der Waals surface area (Å²) < 4.78 is 5.91. The van der Waals surface area contributed by atoms with Gasteiger partial charge in [0.15, 0.2) is 16.8 Å². The van der Waals surface area contributed by atoms with Crippen LogP contribution in [0.4, 0.5) is 5.69 Å². The number of nitrogens with one attached hydrogen (secondary N) is 1. The lowest BCUT2D eigenvalue weighted by Gasteiger charge is -2.45. The van der Waals surface area contributed by atoms with E-state index < -0.39 is 0 Å². The molecule has 0 aromatic heterocycles. The molecule has 4 aliphatic heterocycles. The van der Waals surface area contributed by atoms with Crippen molar-refractivity contribution in [1.82, 2.24) is 9.88 Å². The van der Waals surface area contributed by atoms with Crippen LogP contribution in [0.5, 0.6) is 0 Å². The first-order valence-corrected chi connectivity index (χ1v) is 8.58. The number of rotatable bonds is 2. The number of benzene rings is 2. The van der Waals surface area contributed by atoms with Crippen molar-refractivity contribution < 1.29 is 4.42 Å². The maximum absolute atomic E-state index is 11.5. The van der Waals surface area contributed by atoms with Crippen molar-refractivity contribution in [3.63, 3.8) is 0 Å². The second-order valence-corrected chi connectivity index (χ2v) is 6.91. The van der Waals surface area contributed by atoms with Crippen LogP contribution in [-0.4, -0.2) is 35.6 Å². The molecule has 0 unspecified atom stereocenters. The third kappa shape index (κ3) is 2.36. The van der Waals surface area contributed by atoms with Gasteiger partial charge in [0.25, 0.3) is 0 Å². The number of hydrogen-bond acceptors (Lipinski definition) is 5. The summed E-state index contributed by atoms with van der Waals surface area (Å²) in [5.41, 5.74) is 3.22. The molecule has 4 heterocycles. The summed E-state index contributed by atoms with van der Waals surface area (Å²) in [7, 11) is 0. The fraction of sp³-hybridized carbons (Fsp3) is 0.368. The fourth-order valence-electron chi connectivity index (χ4n) is 4.04. The first-order chi connectivity index (χ1) is 11.7. The molecule has 2 bridgehead atoms. The number of fused-ring (bicyclic) bond motifs is 5. The molecular weight excluding hydrogens is 302 g/mol. The average Bonchev–Trinajstić information content (AvgIpc) is 2.61. The quantitative estimate of drug-likeness (QED) is 0.736. The Kier molecular flexibility index (Phi) is 3.10. The molecule has 6 rings (SSSR count). The Hall–Kier alpha value is -2.40. The van der Waals surface area contributed by atoms with E-state index >= 15 is 0 Å². The van der Waals surface area contributed by atoms with Gasteiger partial charge in [-0.05, 0) is 56.1 Å². The zero-order valence-corrected chi connectivity index (χ0v) is 13.4. The number of nitrogens with zero attached hydrogens (tertiary/aromatic N) is 2. The minimum Gasteiger partial charge on any atom is -0.453 e. The van der Waals surface area contributed by atoms with Gasteiger partial charge in [-0.3, -0.25) is 4.79 Å². The number of piperidine rings is 3. The van der Waals surface area contributed by atoms with E-state index in [9.17, 15) is 4.79 Å². The van der Waals surface area contributed by atoms with E-state index in [1.54, 1.807) is 6.07 Å². The molecule has 1 atom stereocenters. The molecule has 1 aromatic carbocycles. The van der Waals surface area contributed by atoms with Gasteiger partial charge in [-0.25, -0.2) is 4.98 Å². The lowest BCUT2D eigenvalue weighted by atomic mass is 9.84. The van der Waals surface area contributed by atoms with E-state index in [1.165, 1.54) is 38.1 Å². The second kappa shape index (κ2) is 5.31. The molecule has 5 nitrogen and oxygen atoms in total. The van der Waals surface area contributed by atoms with Crippen LogP contribution in [0.2, 0.25) is 0 Å². The van der Waals surface area contributed by atoms with Crippen molar-refractivity contribution in [3.05, 3.63) is 46.6 Å². The minimum absolute atomic E-state index is 0.0611. The van der Waals surface area contributed by atoms with Crippen molar-refractivity contribution in [2.45, 2.75) is 18.9 Å². The van der Waals surface area contributed by atoms with Gasteiger partial charge in [-0.15, -0.1) is 0 Å². The smallest absolute Gasteiger partial charge is 0.182 e. The van der Waals surface area contributed by atoms with Gasteiger partial charge in [-0.1, -0.05) is 0 Å². The Morgan fingerprint density at radius 1 is 1.12 bits per heavy atom. The molecule has 0 radical (unpaired) electrons. The van der Waals surface area contributed by atoms with Gasteiger partial charge >= 0.3 is 0 Å². The minimum atomic E-state index is -0.0611. The first-order valence-electron chi connectivity index (χ1n) is 8.58. The summed E-state index contributed by atoms with van der Waals surface area (Å²) in [6.07, 6.45) is 2.57. The van der Waals surface area contributed by atoms with E-state index in [-0.39, 0.29) is 5.43 Å². The Bertz CT molecular complexity index is 927. The van der Waals surface area contributed by atoms with Crippen molar-refractivity contribution in [3.8, 4) is 11.5 Å². The van der Waals surface area contributed by atoms with Crippen molar-refractivity contribution in [2.75, 3.05) is 25.0 Å². The predicted molar refractivity (Wildman–Crippen MR) is 93.5 cm³/mol. The van der Waals surface area contributed by atoms with Gasteiger partial charge < -0.3 is 14.6 Å². The molecule has 5 heteroatoms. The summed E-state index contributed by atoms with van der Waals surface area (Å²) >= 11 is 0. The summed E-state index contributed by atoms with van der Waals surface area (Å²) in [4.78, 5) is 18.6. The van der Waals surface area contributed by atoms with Gasteiger partial charge in [0.2, 0.25) is 0 Å². The maximum atomic E-state index is 11.5. The van der Waals surface area contributed by atoms with Crippen molar-refractivity contribution in [1.29, 1.82) is 0 Å². The van der Waals surface area contributed by atoms with Crippen LogP contribution in [0.25, 0.3) is 22.6 Å². The maximum Gasteiger partial charge on any atom is 0.182 e. The zero-order chi connectivity index (χ0) is 16.1. The number of anilines is 1. The summed E-state index contributed by atoms with van der Waals surface area (Å²) in [5.74, 6) is 1.30. The van der Waals surface area contributed by atoms with Crippen molar-refractivity contribution >= 4 is 16.8 Å². The van der Waals surface area contributed by atoms with E-state index in [2.05, 4.69) is 21.3 Å². The molecule has 122 valence electrons. The molecule has 3 fully saturated rings. The van der Waals surface area contributed by atoms with Gasteiger partial charge in [0.1, 0.15) is 11.2 Å². The Morgan fingerprint density at radius 2 is 2.00 bits per heavy atom. The standard InChI is InChI=1S/C19H19N3O2/c23-14-2-4-16-19(10-14)24-18-9-13(1-3-15(18)21-16)20-17-11-22-7-5-12(17)6-8-22/h1-4,9-10,12,17,20H,5-8,11H2/t17-/m0/s1. The fourth-order valence-corrected chi connectivity index (χ4v) is 4.04. The molecule has 3 saturated heterocycles. The highest BCUT2D eigenvalue weighted by molar-refractivity contribution is 5.79. The normalized spacial score (nSPS) is 26.1. The lowest BCUT2D eigenvalue weighted by molar-refractivity contribution is 0.0975. The first kappa shape index (κ1) is 14.0. The average molecular weight is 321 g/mol. The highest BCUT2D eigenvalue weighted by Gasteiger charge is 2.33. The van der Waals surface area contributed by atoms with Crippen LogP contribution in [0, 0.1) is 5.92 Å². The van der Waals surface area contributed by atoms with Crippen molar-refractivity contribution in [2.24, 2.45) is 5.92 Å². The SMILES string of the molecule is O=c1ccc2nc3ccc(N[C@H]4CN5CCC4CC5)cc3oc-2c1. The largest absolute Gasteiger partial charge is 0.453 e. The summed E-state index contributed by atoms with van der Waals surface area (Å²) in [5, 5.41) is 3.67. The Labute approximate surface area is 139 Å². The predicted octanol–water partition coefficient (Wildman–Crippen LogP) is 2.80. The monoisotopic (exact) mass is 321 g/mol. The topological polar surface area (TPSA) is 58.4 Å². The van der Waals surface area contributed by atoms with E-state index in [0.29, 0.717) is 23.1 Å². The molecular formula is C19H19N3O2. The summed E-state index contributed by atoms with van der Waals surface area (Å²) in [6.45, 7) is 3.60. The molecule has 0 saturated carbocycles. The molecule has 1 aliphatic carbocycles. The molecule has 0 amide bonds. The molecule has 0 spiro atoms. The van der Waals surface area contributed by atoms with Crippen LogP contribution in [0.3, 0.4) is 0 Å². The second-order valence-electron chi connectivity index (χ2n) is 6.91. The lowest BCUT2D eigenvalue weighted by Crippen LogP contribution is -2.53. The summed E-state index contributed by atoms with van der Waals surface area (Å²) in [6, 6.07) is 11.3. The molecule has 1 N–H and O–H groups in total. The van der Waals surface area contributed by atoms with E-state index in [0.717, 1.165) is 23.7 Å². The number of aromatic nitrogens is 1. The van der Waals surface area contributed by atoms with Gasteiger partial charge in [-0.2, -0.15) is 0 Å². The number of hydrogen-bond donors (Lipinski definition) is 1. The third-order valence-corrected chi connectivity index (χ3v) is 5.36. The van der Waals surface area contributed by atoms with Crippen LogP contribution in [0.1, 0.15) is 12.8 Å².